The van der Waals surface area contributed by atoms with Gasteiger partial charge in [-0.25, -0.2) is 14.5 Å². The Labute approximate surface area is 181 Å². The molecule has 3 rings (SSSR count). The summed E-state index contributed by atoms with van der Waals surface area (Å²) in [4.78, 5) is 43.1. The first-order valence-electron chi connectivity index (χ1n) is 9.28. The van der Waals surface area contributed by atoms with Gasteiger partial charge in [0.05, 0.1) is 17.6 Å². The quantitative estimate of drug-likeness (QED) is 0.377. The maximum Gasteiger partial charge on any atom is 0.321 e. The van der Waals surface area contributed by atoms with Crippen molar-refractivity contribution in [2.75, 3.05) is 12.3 Å². The molecule has 11 heteroatoms. The first-order valence-corrected chi connectivity index (χ1v) is 10.6. The molecule has 1 aromatic carbocycles. The van der Waals surface area contributed by atoms with Gasteiger partial charge in [-0.2, -0.15) is 5.10 Å². The summed E-state index contributed by atoms with van der Waals surface area (Å²) in [5, 5.41) is 10.2. The Morgan fingerprint density at radius 3 is 2.87 bits per heavy atom. The molecule has 0 bridgehead atoms. The van der Waals surface area contributed by atoms with E-state index in [1.54, 1.807) is 24.3 Å². The molecule has 0 saturated heterocycles. The molecule has 0 aliphatic heterocycles. The van der Waals surface area contributed by atoms with E-state index < -0.39 is 11.9 Å². The Kier molecular flexibility index (Phi) is 7.11. The van der Waals surface area contributed by atoms with Gasteiger partial charge in [0.1, 0.15) is 5.39 Å². The fraction of sp³-hybridized carbons (Fsp3) is 0.316. The third kappa shape index (κ3) is 5.61. The second-order valence-corrected chi connectivity index (χ2v) is 8.32. The van der Waals surface area contributed by atoms with E-state index in [0.29, 0.717) is 34.2 Å². The van der Waals surface area contributed by atoms with Crippen molar-refractivity contribution in [1.82, 2.24) is 30.4 Å². The van der Waals surface area contributed by atoms with Crippen LogP contribution in [-0.4, -0.2) is 44.0 Å². The lowest BCUT2D eigenvalue weighted by atomic mass is 10.1. The second-order valence-electron chi connectivity index (χ2n) is 6.92. The van der Waals surface area contributed by atoms with Crippen LogP contribution < -0.4 is 16.2 Å². The molecule has 0 aliphatic carbocycles. The molecule has 30 heavy (non-hydrogen) atoms. The van der Waals surface area contributed by atoms with E-state index >= 15 is 0 Å². The number of aromatic amines is 1. The number of amides is 3. The molecule has 0 radical (unpaired) electrons. The zero-order valence-electron chi connectivity index (χ0n) is 16.4. The van der Waals surface area contributed by atoms with Gasteiger partial charge in [-0.05, 0) is 30.5 Å². The minimum atomic E-state index is -0.544. The van der Waals surface area contributed by atoms with Crippen molar-refractivity contribution in [3.8, 4) is 5.69 Å². The fourth-order valence-electron chi connectivity index (χ4n) is 2.58. The van der Waals surface area contributed by atoms with Crippen LogP contribution in [0.15, 0.2) is 40.4 Å². The minimum Gasteiger partial charge on any atom is -0.338 e. The Hall–Kier alpha value is -2.85. The smallest absolute Gasteiger partial charge is 0.321 e. The molecule has 0 saturated carbocycles. The van der Waals surface area contributed by atoms with E-state index in [2.05, 4.69) is 25.7 Å². The molecule has 2 aromatic heterocycles. The number of imide groups is 1. The van der Waals surface area contributed by atoms with Crippen molar-refractivity contribution in [3.05, 3.63) is 45.8 Å². The molecule has 158 valence electrons. The minimum absolute atomic E-state index is 0.0860. The van der Waals surface area contributed by atoms with Crippen LogP contribution in [-0.2, 0) is 4.79 Å². The molecule has 2 heterocycles. The topological polar surface area (TPSA) is 122 Å². The zero-order chi connectivity index (χ0) is 21.7. The molecule has 0 spiro atoms. The van der Waals surface area contributed by atoms with Gasteiger partial charge in [0, 0.05) is 11.6 Å². The Morgan fingerprint density at radius 1 is 1.33 bits per heavy atom. The lowest BCUT2D eigenvalue weighted by Crippen LogP contribution is -2.40. The van der Waals surface area contributed by atoms with Gasteiger partial charge in [0.15, 0.2) is 10.8 Å². The summed E-state index contributed by atoms with van der Waals surface area (Å²) in [6.07, 6.45) is 2.24. The number of benzene rings is 1. The average Bonchev–Trinajstić information content (AvgIpc) is 3.10. The summed E-state index contributed by atoms with van der Waals surface area (Å²) < 4.78 is 1.50. The summed E-state index contributed by atoms with van der Waals surface area (Å²) in [5.41, 5.74) is 0.625. The lowest BCUT2D eigenvalue weighted by Gasteiger charge is -2.08. The van der Waals surface area contributed by atoms with Crippen LogP contribution >= 0.6 is 23.4 Å². The van der Waals surface area contributed by atoms with Gasteiger partial charge in [-0.1, -0.05) is 43.3 Å². The molecule has 0 atom stereocenters. The van der Waals surface area contributed by atoms with Gasteiger partial charge < -0.3 is 10.3 Å². The van der Waals surface area contributed by atoms with Crippen molar-refractivity contribution in [2.24, 2.45) is 5.92 Å². The zero-order valence-corrected chi connectivity index (χ0v) is 18.0. The summed E-state index contributed by atoms with van der Waals surface area (Å²) >= 11 is 7.05. The third-order valence-corrected chi connectivity index (χ3v) is 5.18. The molecular weight excluding hydrogens is 428 g/mol. The Balaban J connectivity index is 1.68. The number of halogens is 1. The number of rotatable bonds is 7. The molecule has 3 N–H and O–H groups in total. The number of carbonyl (C=O) groups is 2. The number of nitrogens with one attached hydrogen (secondary N) is 3. The van der Waals surface area contributed by atoms with Crippen molar-refractivity contribution < 1.29 is 9.59 Å². The van der Waals surface area contributed by atoms with Gasteiger partial charge in [0.2, 0.25) is 5.91 Å². The van der Waals surface area contributed by atoms with Crippen LogP contribution in [0.2, 0.25) is 5.02 Å². The van der Waals surface area contributed by atoms with Crippen molar-refractivity contribution >= 4 is 46.3 Å². The average molecular weight is 449 g/mol. The first-order chi connectivity index (χ1) is 14.3. The van der Waals surface area contributed by atoms with Crippen LogP contribution in [0.25, 0.3) is 16.7 Å². The second kappa shape index (κ2) is 9.77. The summed E-state index contributed by atoms with van der Waals surface area (Å²) in [6.45, 7) is 4.58. The highest BCUT2D eigenvalue weighted by Gasteiger charge is 2.14. The summed E-state index contributed by atoms with van der Waals surface area (Å²) in [6, 6.07) is 6.45. The lowest BCUT2D eigenvalue weighted by molar-refractivity contribution is -0.117. The Bertz CT molecular complexity index is 1130. The number of hydrogen-bond acceptors (Lipinski definition) is 6. The number of fused-ring (bicyclic) bond motifs is 1. The maximum absolute atomic E-state index is 12.4. The predicted molar refractivity (Wildman–Crippen MR) is 116 cm³/mol. The summed E-state index contributed by atoms with van der Waals surface area (Å²) in [7, 11) is 0. The standard InChI is InChI=1S/C19H21ClN6O3S/c1-11(2)6-7-21-18(29)23-15(27)10-30-19-24-16-14(17(28)25-19)9-22-26(16)13-5-3-4-12(20)8-13/h3-5,8-9,11H,6-7,10H2,1-2H3,(H,24,25,28)(H2,21,23,27,29). The molecule has 3 amide bonds. The number of carbonyl (C=O) groups excluding carboxylic acids is 2. The van der Waals surface area contributed by atoms with Crippen molar-refractivity contribution in [3.63, 3.8) is 0 Å². The van der Waals surface area contributed by atoms with Crippen LogP contribution in [0.5, 0.6) is 0 Å². The van der Waals surface area contributed by atoms with E-state index in [9.17, 15) is 14.4 Å². The normalized spacial score (nSPS) is 11.1. The van der Waals surface area contributed by atoms with Gasteiger partial charge >= 0.3 is 6.03 Å². The number of urea groups is 1. The van der Waals surface area contributed by atoms with Crippen LogP contribution in [0.3, 0.4) is 0 Å². The number of H-pyrrole nitrogens is 1. The maximum atomic E-state index is 12.4. The van der Waals surface area contributed by atoms with Crippen LogP contribution in [0.4, 0.5) is 4.79 Å². The molecular formula is C19H21ClN6O3S. The Morgan fingerprint density at radius 2 is 2.13 bits per heavy atom. The van der Waals surface area contributed by atoms with Gasteiger partial charge in [-0.3, -0.25) is 14.9 Å². The van der Waals surface area contributed by atoms with Gasteiger partial charge in [-0.15, -0.1) is 0 Å². The van der Waals surface area contributed by atoms with Crippen LogP contribution in [0, 0.1) is 5.92 Å². The first kappa shape index (κ1) is 21.8. The van der Waals surface area contributed by atoms with Gasteiger partial charge in [0.25, 0.3) is 5.56 Å². The molecule has 0 aliphatic rings. The molecule has 0 fully saturated rings. The summed E-state index contributed by atoms with van der Waals surface area (Å²) in [5.74, 6) is -0.125. The SMILES string of the molecule is CC(C)CCNC(=O)NC(=O)CSc1nc2c(cnn2-c2cccc(Cl)c2)c(=O)[nH]1. The molecule has 9 nitrogen and oxygen atoms in total. The predicted octanol–water partition coefficient (Wildman–Crippen LogP) is 2.73. The van der Waals surface area contributed by atoms with E-state index in [0.717, 1.165) is 18.2 Å². The number of nitrogens with zero attached hydrogens (tertiary/aromatic N) is 3. The van der Waals surface area contributed by atoms with E-state index in [1.165, 1.54) is 10.9 Å². The van der Waals surface area contributed by atoms with E-state index in [4.69, 9.17) is 11.6 Å². The largest absolute Gasteiger partial charge is 0.338 e. The highest BCUT2D eigenvalue weighted by molar-refractivity contribution is 7.99. The fourth-order valence-corrected chi connectivity index (χ4v) is 3.42. The van der Waals surface area contributed by atoms with Crippen molar-refractivity contribution in [2.45, 2.75) is 25.4 Å². The number of aromatic nitrogens is 4. The molecule has 0 unspecified atom stereocenters. The number of hydrogen-bond donors (Lipinski definition) is 3. The van der Waals surface area contributed by atoms with E-state index in [-0.39, 0.29) is 16.5 Å². The van der Waals surface area contributed by atoms with Crippen molar-refractivity contribution in [1.29, 1.82) is 0 Å². The monoisotopic (exact) mass is 448 g/mol. The highest BCUT2D eigenvalue weighted by Crippen LogP contribution is 2.19. The van der Waals surface area contributed by atoms with E-state index in [1.807, 2.05) is 13.8 Å². The number of thioether (sulfide) groups is 1. The highest BCUT2D eigenvalue weighted by atomic mass is 35.5. The third-order valence-electron chi connectivity index (χ3n) is 4.07. The molecule has 3 aromatic rings. The van der Waals surface area contributed by atoms with Crippen LogP contribution in [0.1, 0.15) is 20.3 Å².